The number of terminal acetylenes is 1. The van der Waals surface area contributed by atoms with Crippen molar-refractivity contribution in [3.8, 4) is 18.3 Å². The van der Waals surface area contributed by atoms with Gasteiger partial charge in [0.25, 0.3) is 5.95 Å². The molecule has 0 radical (unpaired) electrons. The second kappa shape index (κ2) is 2.98. The van der Waals surface area contributed by atoms with Crippen LogP contribution in [0.3, 0.4) is 0 Å². The van der Waals surface area contributed by atoms with Gasteiger partial charge in [0.1, 0.15) is 0 Å². The van der Waals surface area contributed by atoms with Gasteiger partial charge in [-0.2, -0.15) is 0 Å². The molecule has 1 aromatic heterocycles. The van der Waals surface area contributed by atoms with Crippen molar-refractivity contribution in [2.75, 3.05) is 6.61 Å². The molecular weight excluding hydrogens is 128 g/mol. The Balaban J connectivity index is 2.52. The average Bonchev–Trinajstić information content (AvgIpc) is 2.31. The van der Waals surface area contributed by atoms with Gasteiger partial charge >= 0.3 is 0 Å². The average molecular weight is 136 g/mol. The lowest BCUT2D eigenvalue weighted by Crippen LogP contribution is -1.90. The quantitative estimate of drug-likeness (QED) is 0.576. The van der Waals surface area contributed by atoms with Crippen LogP contribution in [0.15, 0.2) is 16.7 Å². The maximum Gasteiger partial charge on any atom is 0.285 e. The molecule has 0 aliphatic rings. The van der Waals surface area contributed by atoms with Crippen LogP contribution in [-0.2, 0) is 0 Å². The highest BCUT2D eigenvalue weighted by Gasteiger charge is 1.95. The van der Waals surface area contributed by atoms with Gasteiger partial charge < -0.3 is 9.15 Å². The van der Waals surface area contributed by atoms with Crippen LogP contribution in [0.5, 0.6) is 5.95 Å². The molecule has 10 heavy (non-hydrogen) atoms. The van der Waals surface area contributed by atoms with Crippen LogP contribution in [-0.4, -0.2) is 6.61 Å². The summed E-state index contributed by atoms with van der Waals surface area (Å²) in [6.45, 7) is 2.18. The smallest absolute Gasteiger partial charge is 0.285 e. The van der Waals surface area contributed by atoms with Gasteiger partial charge in [-0.25, -0.2) is 0 Å². The summed E-state index contributed by atoms with van der Waals surface area (Å²) in [4.78, 5) is 0. The van der Waals surface area contributed by atoms with E-state index >= 15 is 0 Å². The molecule has 0 N–H and O–H groups in total. The highest BCUT2D eigenvalue weighted by atomic mass is 16.6. The van der Waals surface area contributed by atoms with Gasteiger partial charge in [0.15, 0.2) is 6.61 Å². The SMILES string of the molecule is C#CCOc1cc(C)co1. The van der Waals surface area contributed by atoms with Gasteiger partial charge in [0.05, 0.1) is 6.26 Å². The molecule has 0 unspecified atom stereocenters. The molecule has 1 rings (SSSR count). The summed E-state index contributed by atoms with van der Waals surface area (Å²) < 4.78 is 9.92. The van der Waals surface area contributed by atoms with E-state index < -0.39 is 0 Å². The van der Waals surface area contributed by atoms with E-state index in [1.54, 1.807) is 12.3 Å². The number of aryl methyl sites for hydroxylation is 1. The lowest BCUT2D eigenvalue weighted by Gasteiger charge is -1.92. The molecule has 0 aliphatic carbocycles. The molecule has 1 heterocycles. The Kier molecular flexibility index (Phi) is 2.01. The fraction of sp³-hybridized carbons (Fsp3) is 0.250. The van der Waals surface area contributed by atoms with E-state index in [-0.39, 0.29) is 6.61 Å². The van der Waals surface area contributed by atoms with E-state index in [2.05, 4.69) is 5.92 Å². The van der Waals surface area contributed by atoms with Crippen molar-refractivity contribution in [1.29, 1.82) is 0 Å². The highest BCUT2D eigenvalue weighted by molar-refractivity contribution is 5.15. The van der Waals surface area contributed by atoms with E-state index in [1.807, 2.05) is 6.92 Å². The normalized spacial score (nSPS) is 8.80. The summed E-state index contributed by atoms with van der Waals surface area (Å²) >= 11 is 0. The van der Waals surface area contributed by atoms with Crippen molar-refractivity contribution in [1.82, 2.24) is 0 Å². The maximum atomic E-state index is 4.97. The lowest BCUT2D eigenvalue weighted by atomic mass is 10.4. The molecule has 0 saturated carbocycles. The molecule has 0 bridgehead atoms. The third-order valence-electron chi connectivity index (χ3n) is 1.00. The van der Waals surface area contributed by atoms with E-state index in [4.69, 9.17) is 15.6 Å². The van der Waals surface area contributed by atoms with Crippen LogP contribution in [0, 0.1) is 19.3 Å². The van der Waals surface area contributed by atoms with Crippen molar-refractivity contribution >= 4 is 0 Å². The second-order valence-corrected chi connectivity index (χ2v) is 1.94. The Morgan fingerprint density at radius 1 is 1.80 bits per heavy atom. The van der Waals surface area contributed by atoms with E-state index in [1.165, 1.54) is 0 Å². The minimum Gasteiger partial charge on any atom is -0.452 e. The third-order valence-corrected chi connectivity index (χ3v) is 1.00. The fourth-order valence-corrected chi connectivity index (χ4v) is 0.593. The summed E-state index contributed by atoms with van der Waals surface area (Å²) in [6, 6.07) is 1.79. The van der Waals surface area contributed by atoms with Gasteiger partial charge in [-0.05, 0) is 12.5 Å². The van der Waals surface area contributed by atoms with Gasteiger partial charge in [-0.15, -0.1) is 6.42 Å². The molecule has 1 aromatic rings. The summed E-state index contributed by atoms with van der Waals surface area (Å²) in [5, 5.41) is 0. The molecular formula is C8H8O2. The second-order valence-electron chi connectivity index (χ2n) is 1.94. The lowest BCUT2D eigenvalue weighted by molar-refractivity contribution is 0.277. The molecule has 0 atom stereocenters. The minimum atomic E-state index is 0.257. The fourth-order valence-electron chi connectivity index (χ4n) is 0.593. The van der Waals surface area contributed by atoms with Crippen molar-refractivity contribution in [3.63, 3.8) is 0 Å². The molecule has 0 saturated heterocycles. The van der Waals surface area contributed by atoms with Crippen molar-refractivity contribution in [2.45, 2.75) is 6.92 Å². The topological polar surface area (TPSA) is 22.4 Å². The Hall–Kier alpha value is -1.36. The van der Waals surface area contributed by atoms with Crippen molar-refractivity contribution in [3.05, 3.63) is 17.9 Å². The molecule has 2 heteroatoms. The number of ether oxygens (including phenoxy) is 1. The van der Waals surface area contributed by atoms with Crippen molar-refractivity contribution < 1.29 is 9.15 Å². The minimum absolute atomic E-state index is 0.257. The van der Waals surface area contributed by atoms with E-state index in [9.17, 15) is 0 Å². The molecule has 52 valence electrons. The number of hydrogen-bond acceptors (Lipinski definition) is 2. The first-order valence-corrected chi connectivity index (χ1v) is 2.94. The number of furan rings is 1. The molecule has 0 spiro atoms. The Morgan fingerprint density at radius 2 is 2.60 bits per heavy atom. The van der Waals surface area contributed by atoms with Gasteiger partial charge in [-0.3, -0.25) is 0 Å². The van der Waals surface area contributed by atoms with Crippen LogP contribution >= 0.6 is 0 Å². The van der Waals surface area contributed by atoms with Crippen LogP contribution in [0.4, 0.5) is 0 Å². The molecule has 0 aromatic carbocycles. The van der Waals surface area contributed by atoms with Crippen LogP contribution in [0.25, 0.3) is 0 Å². The van der Waals surface area contributed by atoms with Crippen molar-refractivity contribution in [2.24, 2.45) is 0 Å². The Morgan fingerprint density at radius 3 is 3.10 bits per heavy atom. The van der Waals surface area contributed by atoms with Gasteiger partial charge in [0, 0.05) is 6.07 Å². The predicted molar refractivity (Wildman–Crippen MR) is 37.8 cm³/mol. The number of rotatable bonds is 2. The molecule has 2 nitrogen and oxygen atoms in total. The zero-order valence-corrected chi connectivity index (χ0v) is 5.76. The molecule has 0 fully saturated rings. The summed E-state index contributed by atoms with van der Waals surface area (Å²) in [5.74, 6) is 2.83. The maximum absolute atomic E-state index is 4.97. The first kappa shape index (κ1) is 6.76. The summed E-state index contributed by atoms with van der Waals surface area (Å²) in [5.41, 5.74) is 1.03. The van der Waals surface area contributed by atoms with Crippen LogP contribution in [0.1, 0.15) is 5.56 Å². The van der Waals surface area contributed by atoms with E-state index in [0.717, 1.165) is 5.56 Å². The zero-order chi connectivity index (χ0) is 7.40. The first-order valence-electron chi connectivity index (χ1n) is 2.94. The van der Waals surface area contributed by atoms with Gasteiger partial charge in [0.2, 0.25) is 0 Å². The third kappa shape index (κ3) is 1.56. The monoisotopic (exact) mass is 136 g/mol. The zero-order valence-electron chi connectivity index (χ0n) is 5.76. The highest BCUT2D eigenvalue weighted by Crippen LogP contribution is 2.13. The Labute approximate surface area is 59.8 Å². The van der Waals surface area contributed by atoms with E-state index in [0.29, 0.717) is 5.95 Å². The van der Waals surface area contributed by atoms with Crippen LogP contribution in [0.2, 0.25) is 0 Å². The standard InChI is InChI=1S/C8H8O2/c1-3-4-9-8-5-7(2)6-10-8/h1,5-6H,4H2,2H3. The summed E-state index contributed by atoms with van der Waals surface area (Å²) in [7, 11) is 0. The predicted octanol–water partition coefficient (Wildman–Crippen LogP) is 1.60. The molecule has 0 aliphatic heterocycles. The largest absolute Gasteiger partial charge is 0.452 e. The molecule has 0 amide bonds. The summed E-state index contributed by atoms with van der Waals surface area (Å²) in [6.07, 6.45) is 6.58. The van der Waals surface area contributed by atoms with Gasteiger partial charge in [-0.1, -0.05) is 5.92 Å². The van der Waals surface area contributed by atoms with Crippen LogP contribution < -0.4 is 4.74 Å². The Bertz CT molecular complexity index is 242. The first-order chi connectivity index (χ1) is 4.83. The number of hydrogen-bond donors (Lipinski definition) is 0.